The Morgan fingerprint density at radius 1 is 1.00 bits per heavy atom. The SMILES string of the molecule is CCc1ccc(Cl)c(CC)c1NC(=O)CCS(=O)(=O)c1ccc(Cl)cc1. The van der Waals surface area contributed by atoms with Crippen molar-refractivity contribution in [1.82, 2.24) is 0 Å². The second-order valence-corrected chi connectivity index (χ2v) is 8.79. The summed E-state index contributed by atoms with van der Waals surface area (Å²) < 4.78 is 24.7. The van der Waals surface area contributed by atoms with Crippen LogP contribution in [-0.4, -0.2) is 20.1 Å². The van der Waals surface area contributed by atoms with Crippen LogP contribution in [0, 0.1) is 0 Å². The van der Waals surface area contributed by atoms with Crippen molar-refractivity contribution in [2.45, 2.75) is 38.0 Å². The first kappa shape index (κ1) is 20.7. The highest BCUT2D eigenvalue weighted by Crippen LogP contribution is 2.29. The van der Waals surface area contributed by atoms with E-state index in [0.717, 1.165) is 17.5 Å². The van der Waals surface area contributed by atoms with Crippen LogP contribution in [0.15, 0.2) is 41.3 Å². The predicted octanol–water partition coefficient (Wildman–Crippen LogP) is 4.92. The van der Waals surface area contributed by atoms with E-state index in [2.05, 4.69) is 5.32 Å². The topological polar surface area (TPSA) is 63.2 Å². The van der Waals surface area contributed by atoms with E-state index in [4.69, 9.17) is 23.2 Å². The molecule has 26 heavy (non-hydrogen) atoms. The molecule has 0 aromatic heterocycles. The summed E-state index contributed by atoms with van der Waals surface area (Å²) in [4.78, 5) is 12.5. The van der Waals surface area contributed by atoms with Crippen molar-refractivity contribution in [3.05, 3.63) is 57.6 Å². The number of amides is 1. The number of hydrogen-bond donors (Lipinski definition) is 1. The molecule has 0 aliphatic rings. The van der Waals surface area contributed by atoms with E-state index in [9.17, 15) is 13.2 Å². The molecule has 140 valence electrons. The van der Waals surface area contributed by atoms with E-state index < -0.39 is 9.84 Å². The minimum Gasteiger partial charge on any atom is -0.326 e. The zero-order valence-corrected chi connectivity index (χ0v) is 17.0. The number of sulfone groups is 1. The number of hydrogen-bond acceptors (Lipinski definition) is 3. The van der Waals surface area contributed by atoms with E-state index in [1.807, 2.05) is 26.0 Å². The lowest BCUT2D eigenvalue weighted by molar-refractivity contribution is -0.115. The molecule has 0 bridgehead atoms. The fourth-order valence-corrected chi connectivity index (χ4v) is 4.31. The molecule has 1 amide bonds. The highest BCUT2D eigenvalue weighted by molar-refractivity contribution is 7.91. The van der Waals surface area contributed by atoms with Gasteiger partial charge in [0.05, 0.1) is 10.6 Å². The van der Waals surface area contributed by atoms with Gasteiger partial charge in [-0.3, -0.25) is 4.79 Å². The average Bonchev–Trinajstić information content (AvgIpc) is 2.61. The fourth-order valence-electron chi connectivity index (χ4n) is 2.66. The quantitative estimate of drug-likeness (QED) is 0.700. The van der Waals surface area contributed by atoms with Gasteiger partial charge >= 0.3 is 0 Å². The van der Waals surface area contributed by atoms with Gasteiger partial charge in [-0.25, -0.2) is 8.42 Å². The molecular formula is C19H21Cl2NO3S. The Balaban J connectivity index is 2.12. The van der Waals surface area contributed by atoms with Gasteiger partial charge in [-0.2, -0.15) is 0 Å². The van der Waals surface area contributed by atoms with Gasteiger partial charge in [0.1, 0.15) is 0 Å². The third-order valence-electron chi connectivity index (χ3n) is 4.11. The zero-order valence-electron chi connectivity index (χ0n) is 14.7. The molecule has 0 aliphatic carbocycles. The predicted molar refractivity (Wildman–Crippen MR) is 107 cm³/mol. The number of rotatable bonds is 7. The summed E-state index contributed by atoms with van der Waals surface area (Å²) in [7, 11) is -3.55. The molecule has 0 atom stereocenters. The van der Waals surface area contributed by atoms with Crippen molar-refractivity contribution in [2.75, 3.05) is 11.1 Å². The van der Waals surface area contributed by atoms with E-state index in [1.165, 1.54) is 24.3 Å². The third-order valence-corrected chi connectivity index (χ3v) is 6.45. The van der Waals surface area contributed by atoms with Crippen molar-refractivity contribution >= 4 is 44.6 Å². The first-order valence-corrected chi connectivity index (χ1v) is 10.8. The van der Waals surface area contributed by atoms with Crippen LogP contribution in [0.2, 0.25) is 10.0 Å². The van der Waals surface area contributed by atoms with E-state index >= 15 is 0 Å². The molecule has 0 heterocycles. The van der Waals surface area contributed by atoms with Crippen LogP contribution in [0.3, 0.4) is 0 Å². The van der Waals surface area contributed by atoms with Crippen LogP contribution in [0.25, 0.3) is 0 Å². The lowest BCUT2D eigenvalue weighted by atomic mass is 10.0. The van der Waals surface area contributed by atoms with Crippen LogP contribution >= 0.6 is 23.2 Å². The molecule has 0 fully saturated rings. The monoisotopic (exact) mass is 413 g/mol. The summed E-state index contributed by atoms with van der Waals surface area (Å²) >= 11 is 12.0. The first-order valence-electron chi connectivity index (χ1n) is 8.37. The number of halogens is 2. The number of benzene rings is 2. The Bertz CT molecular complexity index is 894. The van der Waals surface area contributed by atoms with Gasteiger partial charge in [0, 0.05) is 22.2 Å². The van der Waals surface area contributed by atoms with Gasteiger partial charge in [0.15, 0.2) is 9.84 Å². The second kappa shape index (κ2) is 8.89. The third kappa shape index (κ3) is 5.00. The van der Waals surface area contributed by atoms with Crippen LogP contribution in [-0.2, 0) is 27.5 Å². The molecule has 2 aromatic rings. The summed E-state index contributed by atoms with van der Waals surface area (Å²) in [5, 5.41) is 3.90. The normalized spacial score (nSPS) is 11.4. The zero-order chi connectivity index (χ0) is 19.3. The molecular weight excluding hydrogens is 393 g/mol. The van der Waals surface area contributed by atoms with Gasteiger partial charge in [0.2, 0.25) is 5.91 Å². The smallest absolute Gasteiger partial charge is 0.225 e. The van der Waals surface area contributed by atoms with Gasteiger partial charge in [-0.1, -0.05) is 43.1 Å². The lowest BCUT2D eigenvalue weighted by Gasteiger charge is -2.16. The van der Waals surface area contributed by atoms with Crippen molar-refractivity contribution in [2.24, 2.45) is 0 Å². The number of carbonyl (C=O) groups is 1. The molecule has 2 rings (SSSR count). The standard InChI is InChI=1S/C19H21Cl2NO3S/c1-3-13-5-10-17(21)16(4-2)19(13)22-18(23)11-12-26(24,25)15-8-6-14(20)7-9-15/h5-10H,3-4,11-12H2,1-2H3,(H,22,23). The number of nitrogens with one attached hydrogen (secondary N) is 1. The summed E-state index contributed by atoms with van der Waals surface area (Å²) in [6.07, 6.45) is 1.28. The molecule has 0 spiro atoms. The number of anilines is 1. The first-order chi connectivity index (χ1) is 12.3. The van der Waals surface area contributed by atoms with Gasteiger partial charge in [0.25, 0.3) is 0 Å². The highest BCUT2D eigenvalue weighted by Gasteiger charge is 2.18. The minimum absolute atomic E-state index is 0.135. The van der Waals surface area contributed by atoms with Crippen LogP contribution in [0.5, 0.6) is 0 Å². The second-order valence-electron chi connectivity index (χ2n) is 5.84. The van der Waals surface area contributed by atoms with Crippen molar-refractivity contribution in [1.29, 1.82) is 0 Å². The number of carbonyl (C=O) groups excluding carboxylic acids is 1. The molecule has 1 N–H and O–H groups in total. The van der Waals surface area contributed by atoms with Gasteiger partial charge in [-0.15, -0.1) is 0 Å². The van der Waals surface area contributed by atoms with Gasteiger partial charge < -0.3 is 5.32 Å². The minimum atomic E-state index is -3.55. The molecule has 4 nitrogen and oxygen atoms in total. The molecule has 0 saturated carbocycles. The Hall–Kier alpha value is -1.56. The largest absolute Gasteiger partial charge is 0.326 e. The Kier molecular flexibility index (Phi) is 7.09. The Morgan fingerprint density at radius 2 is 1.65 bits per heavy atom. The molecule has 7 heteroatoms. The maximum Gasteiger partial charge on any atom is 0.225 e. The molecule has 2 aromatic carbocycles. The van der Waals surface area contributed by atoms with Crippen molar-refractivity contribution in [3.63, 3.8) is 0 Å². The summed E-state index contributed by atoms with van der Waals surface area (Å²) in [6, 6.07) is 9.61. The van der Waals surface area contributed by atoms with E-state index in [0.29, 0.717) is 22.2 Å². The Labute approximate surface area is 164 Å². The summed E-state index contributed by atoms with van der Waals surface area (Å²) in [6.45, 7) is 3.95. The fraction of sp³-hybridized carbons (Fsp3) is 0.316. The molecule has 0 unspecified atom stereocenters. The highest BCUT2D eigenvalue weighted by atomic mass is 35.5. The van der Waals surface area contributed by atoms with Gasteiger partial charge in [-0.05, 0) is 54.3 Å². The molecule has 0 saturated heterocycles. The number of aryl methyl sites for hydroxylation is 1. The lowest BCUT2D eigenvalue weighted by Crippen LogP contribution is -2.19. The van der Waals surface area contributed by atoms with Crippen LogP contribution in [0.4, 0.5) is 5.69 Å². The van der Waals surface area contributed by atoms with Crippen LogP contribution in [0.1, 0.15) is 31.4 Å². The van der Waals surface area contributed by atoms with Crippen molar-refractivity contribution < 1.29 is 13.2 Å². The maximum atomic E-state index is 12.4. The summed E-state index contributed by atoms with van der Waals surface area (Å²) in [5.74, 6) is -0.626. The van der Waals surface area contributed by atoms with Crippen LogP contribution < -0.4 is 5.32 Å². The average molecular weight is 414 g/mol. The van der Waals surface area contributed by atoms with E-state index in [1.54, 1.807) is 0 Å². The van der Waals surface area contributed by atoms with E-state index in [-0.39, 0.29) is 23.0 Å². The maximum absolute atomic E-state index is 12.4. The summed E-state index contributed by atoms with van der Waals surface area (Å²) in [5.41, 5.74) is 2.52. The molecule has 0 radical (unpaired) electrons. The molecule has 0 aliphatic heterocycles. The Morgan fingerprint density at radius 3 is 2.23 bits per heavy atom. The van der Waals surface area contributed by atoms with Crippen molar-refractivity contribution in [3.8, 4) is 0 Å².